The van der Waals surface area contributed by atoms with Crippen molar-refractivity contribution in [2.24, 2.45) is 11.5 Å². The van der Waals surface area contributed by atoms with Crippen molar-refractivity contribution in [3.63, 3.8) is 0 Å². The van der Waals surface area contributed by atoms with E-state index in [9.17, 15) is 4.79 Å². The molecule has 0 aromatic rings. The Balaban J connectivity index is 3.31. The molecular formula is C6H14N2O3. The van der Waals surface area contributed by atoms with Gasteiger partial charge in [0.05, 0.1) is 12.3 Å². The number of aliphatic hydroxyl groups excluding tert-OH is 1. The van der Waals surface area contributed by atoms with Gasteiger partial charge in [-0.25, -0.2) is 0 Å². The van der Waals surface area contributed by atoms with E-state index >= 15 is 0 Å². The van der Waals surface area contributed by atoms with Crippen LogP contribution >= 0.6 is 0 Å². The lowest BCUT2D eigenvalue weighted by atomic mass is 10.1. The number of carboxylic acid groups (broad SMARTS) is 1. The van der Waals surface area contributed by atoms with Gasteiger partial charge < -0.3 is 21.7 Å². The Kier molecular flexibility index (Phi) is 4.76. The summed E-state index contributed by atoms with van der Waals surface area (Å²) in [5.74, 6) is -0.872. The van der Waals surface area contributed by atoms with Crippen LogP contribution in [0.3, 0.4) is 0 Å². The summed E-state index contributed by atoms with van der Waals surface area (Å²) in [7, 11) is 0. The molecule has 0 amide bonds. The summed E-state index contributed by atoms with van der Waals surface area (Å²) in [5, 5.41) is 17.2. The molecular weight excluding hydrogens is 148 g/mol. The molecule has 0 rings (SSSR count). The number of hydrogen-bond acceptors (Lipinski definition) is 4. The van der Waals surface area contributed by atoms with E-state index in [1.807, 2.05) is 0 Å². The van der Waals surface area contributed by atoms with Crippen molar-refractivity contribution in [3.8, 4) is 0 Å². The van der Waals surface area contributed by atoms with Gasteiger partial charge in [-0.1, -0.05) is 0 Å². The van der Waals surface area contributed by atoms with Crippen LogP contribution < -0.4 is 11.5 Å². The SMILES string of the molecule is NC(N)C(O)CCCC(=O)O. The van der Waals surface area contributed by atoms with Crippen molar-refractivity contribution < 1.29 is 15.0 Å². The Morgan fingerprint density at radius 1 is 1.45 bits per heavy atom. The lowest BCUT2D eigenvalue weighted by molar-refractivity contribution is -0.137. The zero-order valence-corrected chi connectivity index (χ0v) is 6.23. The molecule has 1 unspecified atom stereocenters. The van der Waals surface area contributed by atoms with E-state index in [1.54, 1.807) is 0 Å². The van der Waals surface area contributed by atoms with Gasteiger partial charge in [-0.2, -0.15) is 0 Å². The molecule has 0 spiro atoms. The first-order valence-corrected chi connectivity index (χ1v) is 3.45. The Morgan fingerprint density at radius 3 is 2.36 bits per heavy atom. The average Bonchev–Trinajstić information content (AvgIpc) is 1.86. The molecule has 5 heteroatoms. The maximum Gasteiger partial charge on any atom is 0.303 e. The largest absolute Gasteiger partial charge is 0.481 e. The molecule has 0 aromatic heterocycles. The Hall–Kier alpha value is -0.650. The van der Waals surface area contributed by atoms with Crippen LogP contribution in [0.25, 0.3) is 0 Å². The lowest BCUT2D eigenvalue weighted by Crippen LogP contribution is -2.42. The van der Waals surface area contributed by atoms with Crippen molar-refractivity contribution in [2.45, 2.75) is 31.5 Å². The van der Waals surface area contributed by atoms with Gasteiger partial charge in [0.25, 0.3) is 0 Å². The maximum absolute atomic E-state index is 10.0. The van der Waals surface area contributed by atoms with E-state index in [-0.39, 0.29) is 6.42 Å². The Morgan fingerprint density at radius 2 is 2.00 bits per heavy atom. The Bertz CT molecular complexity index is 127. The minimum atomic E-state index is -0.872. The predicted octanol–water partition coefficient (Wildman–Crippen LogP) is -1.15. The van der Waals surface area contributed by atoms with Gasteiger partial charge in [-0.05, 0) is 12.8 Å². The third-order valence-corrected chi connectivity index (χ3v) is 1.33. The highest BCUT2D eigenvalue weighted by molar-refractivity contribution is 5.66. The van der Waals surface area contributed by atoms with E-state index in [0.717, 1.165) is 0 Å². The summed E-state index contributed by atoms with van der Waals surface area (Å²) in [6.07, 6.45) is -0.784. The van der Waals surface area contributed by atoms with Crippen LogP contribution in [0.2, 0.25) is 0 Å². The molecule has 0 saturated carbocycles. The molecule has 66 valence electrons. The monoisotopic (exact) mass is 162 g/mol. The lowest BCUT2D eigenvalue weighted by Gasteiger charge is -2.12. The first-order chi connectivity index (χ1) is 5.04. The minimum absolute atomic E-state index is 0.0454. The molecule has 6 N–H and O–H groups in total. The van der Waals surface area contributed by atoms with Gasteiger partial charge in [-0.15, -0.1) is 0 Å². The highest BCUT2D eigenvalue weighted by atomic mass is 16.4. The standard InChI is InChI=1S/C6H14N2O3/c7-6(8)4(9)2-1-3-5(10)11/h4,6,9H,1-3,7-8H2,(H,10,11). The predicted molar refractivity (Wildman–Crippen MR) is 39.7 cm³/mol. The maximum atomic E-state index is 10.0. The highest BCUT2D eigenvalue weighted by Crippen LogP contribution is 2.00. The van der Waals surface area contributed by atoms with Gasteiger partial charge in [-0.3, -0.25) is 4.79 Å². The van der Waals surface area contributed by atoms with Crippen LogP contribution in [0, 0.1) is 0 Å². The first-order valence-electron chi connectivity index (χ1n) is 3.45. The molecule has 5 nitrogen and oxygen atoms in total. The van der Waals surface area contributed by atoms with Crippen LogP contribution in [0.5, 0.6) is 0 Å². The fourth-order valence-corrected chi connectivity index (χ4v) is 0.655. The van der Waals surface area contributed by atoms with Crippen LogP contribution in [-0.2, 0) is 4.79 Å². The molecule has 0 heterocycles. The number of carboxylic acids is 1. The topological polar surface area (TPSA) is 110 Å². The van der Waals surface area contributed by atoms with Gasteiger partial charge >= 0.3 is 5.97 Å². The summed E-state index contributed by atoms with van der Waals surface area (Å²) in [6.45, 7) is 0. The number of carbonyl (C=O) groups is 1. The van der Waals surface area contributed by atoms with Gasteiger partial charge in [0.2, 0.25) is 0 Å². The summed E-state index contributed by atoms with van der Waals surface area (Å²) < 4.78 is 0. The number of rotatable bonds is 5. The van der Waals surface area contributed by atoms with Crippen LogP contribution in [-0.4, -0.2) is 28.5 Å². The second-order valence-electron chi connectivity index (χ2n) is 2.43. The molecule has 1 atom stereocenters. The second-order valence-corrected chi connectivity index (χ2v) is 2.43. The van der Waals surface area contributed by atoms with E-state index < -0.39 is 18.2 Å². The number of nitrogens with two attached hydrogens (primary N) is 2. The van der Waals surface area contributed by atoms with Crippen molar-refractivity contribution in [3.05, 3.63) is 0 Å². The zero-order valence-electron chi connectivity index (χ0n) is 6.23. The number of hydrogen-bond donors (Lipinski definition) is 4. The number of aliphatic hydroxyl groups is 1. The smallest absolute Gasteiger partial charge is 0.303 e. The first kappa shape index (κ1) is 10.3. The average molecular weight is 162 g/mol. The molecule has 0 bridgehead atoms. The highest BCUT2D eigenvalue weighted by Gasteiger charge is 2.09. The van der Waals surface area contributed by atoms with Crippen molar-refractivity contribution in [1.82, 2.24) is 0 Å². The third-order valence-electron chi connectivity index (χ3n) is 1.33. The molecule has 0 aliphatic carbocycles. The zero-order chi connectivity index (χ0) is 8.85. The normalized spacial score (nSPS) is 13.5. The van der Waals surface area contributed by atoms with E-state index in [2.05, 4.69) is 0 Å². The summed E-state index contributed by atoms with van der Waals surface area (Å²) in [5.41, 5.74) is 10.3. The van der Waals surface area contributed by atoms with Crippen molar-refractivity contribution in [2.75, 3.05) is 0 Å². The molecule has 0 aromatic carbocycles. The van der Waals surface area contributed by atoms with Gasteiger partial charge in [0.1, 0.15) is 0 Å². The van der Waals surface area contributed by atoms with Crippen molar-refractivity contribution in [1.29, 1.82) is 0 Å². The van der Waals surface area contributed by atoms with E-state index in [4.69, 9.17) is 21.7 Å². The quantitative estimate of drug-likeness (QED) is 0.381. The molecule has 11 heavy (non-hydrogen) atoms. The molecule has 0 saturated heterocycles. The van der Waals surface area contributed by atoms with Crippen LogP contribution in [0.15, 0.2) is 0 Å². The Labute approximate surface area is 65.0 Å². The minimum Gasteiger partial charge on any atom is -0.481 e. The van der Waals surface area contributed by atoms with E-state index in [1.165, 1.54) is 0 Å². The fourth-order valence-electron chi connectivity index (χ4n) is 0.655. The molecule has 0 aliphatic heterocycles. The fraction of sp³-hybridized carbons (Fsp3) is 0.833. The molecule has 0 fully saturated rings. The van der Waals surface area contributed by atoms with Gasteiger partial charge in [0.15, 0.2) is 0 Å². The van der Waals surface area contributed by atoms with Gasteiger partial charge in [0, 0.05) is 6.42 Å². The molecule has 0 radical (unpaired) electrons. The second kappa shape index (κ2) is 5.06. The van der Waals surface area contributed by atoms with Crippen LogP contribution in [0.1, 0.15) is 19.3 Å². The van der Waals surface area contributed by atoms with Crippen molar-refractivity contribution >= 4 is 5.97 Å². The summed E-state index contributed by atoms with van der Waals surface area (Å²) in [4.78, 5) is 10.0. The summed E-state index contributed by atoms with van der Waals surface area (Å²) in [6, 6.07) is 0. The summed E-state index contributed by atoms with van der Waals surface area (Å²) >= 11 is 0. The third kappa shape index (κ3) is 5.78. The van der Waals surface area contributed by atoms with E-state index in [0.29, 0.717) is 12.8 Å². The van der Waals surface area contributed by atoms with Crippen LogP contribution in [0.4, 0.5) is 0 Å². The number of aliphatic carboxylic acids is 1. The molecule has 0 aliphatic rings.